The predicted molar refractivity (Wildman–Crippen MR) is 166 cm³/mol. The SMILES string of the molecule is CN(C)C[C@H](c1ccccc1)N(c1ccc(N2CCN(C)CC2)cc1)c1ncc2c(n1)-c1c(c(C(N)=O)nn1C)CC2. The summed E-state index contributed by atoms with van der Waals surface area (Å²) in [5.74, 6) is 0.0910. The van der Waals surface area contributed by atoms with Gasteiger partial charge in [0.15, 0.2) is 5.69 Å². The first-order valence-corrected chi connectivity index (χ1v) is 14.5. The van der Waals surface area contributed by atoms with E-state index in [0.29, 0.717) is 18.1 Å². The van der Waals surface area contributed by atoms with Crippen molar-refractivity contribution in [2.75, 3.05) is 63.7 Å². The summed E-state index contributed by atoms with van der Waals surface area (Å²) in [6.07, 6.45) is 3.34. The maximum atomic E-state index is 12.2. The third-order valence-electron chi connectivity index (χ3n) is 8.35. The number of primary amides is 1. The summed E-state index contributed by atoms with van der Waals surface area (Å²) >= 11 is 0. The van der Waals surface area contributed by atoms with Crippen LogP contribution in [-0.2, 0) is 19.9 Å². The van der Waals surface area contributed by atoms with Gasteiger partial charge in [0.05, 0.1) is 17.4 Å². The highest BCUT2D eigenvalue weighted by Crippen LogP contribution is 2.39. The molecule has 10 heteroatoms. The van der Waals surface area contributed by atoms with E-state index in [1.165, 1.54) is 11.3 Å². The van der Waals surface area contributed by atoms with Gasteiger partial charge in [-0.1, -0.05) is 30.3 Å². The van der Waals surface area contributed by atoms with Crippen LogP contribution in [0.4, 0.5) is 17.3 Å². The maximum Gasteiger partial charge on any atom is 0.269 e. The summed E-state index contributed by atoms with van der Waals surface area (Å²) in [5, 5.41) is 4.46. The number of amides is 1. The molecule has 0 radical (unpaired) electrons. The first kappa shape index (κ1) is 27.9. The van der Waals surface area contributed by atoms with Gasteiger partial charge in [-0.3, -0.25) is 9.48 Å². The Bertz CT molecular complexity index is 1560. The molecule has 1 atom stereocenters. The molecule has 2 aliphatic rings. The van der Waals surface area contributed by atoms with E-state index in [2.05, 4.69) is 94.4 Å². The van der Waals surface area contributed by atoms with E-state index in [-0.39, 0.29) is 6.04 Å². The van der Waals surface area contributed by atoms with E-state index < -0.39 is 5.91 Å². The van der Waals surface area contributed by atoms with Crippen LogP contribution in [0, 0.1) is 0 Å². The zero-order chi connectivity index (χ0) is 29.4. The van der Waals surface area contributed by atoms with E-state index in [1.54, 1.807) is 4.68 Å². The largest absolute Gasteiger partial charge is 0.369 e. The Kier molecular flexibility index (Phi) is 7.66. The van der Waals surface area contributed by atoms with Crippen LogP contribution < -0.4 is 15.5 Å². The van der Waals surface area contributed by atoms with Gasteiger partial charge in [0.25, 0.3) is 5.91 Å². The van der Waals surface area contributed by atoms with Crippen LogP contribution in [0.2, 0.25) is 0 Å². The number of rotatable bonds is 8. The molecule has 218 valence electrons. The molecule has 4 aromatic rings. The van der Waals surface area contributed by atoms with Crippen molar-refractivity contribution in [3.8, 4) is 11.4 Å². The van der Waals surface area contributed by atoms with Crippen LogP contribution in [-0.4, -0.2) is 89.3 Å². The second-order valence-corrected chi connectivity index (χ2v) is 11.6. The molecule has 0 spiro atoms. The average molecular weight is 566 g/mol. The number of aryl methyl sites for hydroxylation is 2. The molecule has 1 amide bonds. The number of carbonyl (C=O) groups is 1. The zero-order valence-corrected chi connectivity index (χ0v) is 24.9. The third kappa shape index (κ3) is 5.35. The van der Waals surface area contributed by atoms with E-state index >= 15 is 0 Å². The van der Waals surface area contributed by atoms with Gasteiger partial charge in [-0.2, -0.15) is 5.10 Å². The smallest absolute Gasteiger partial charge is 0.269 e. The fourth-order valence-electron chi connectivity index (χ4n) is 6.14. The lowest BCUT2D eigenvalue weighted by molar-refractivity contribution is 0.0994. The summed E-state index contributed by atoms with van der Waals surface area (Å²) < 4.78 is 1.73. The number of piperazine rings is 1. The van der Waals surface area contributed by atoms with Crippen molar-refractivity contribution in [3.05, 3.63) is 83.2 Å². The molecule has 1 fully saturated rings. The number of fused-ring (bicyclic) bond motifs is 3. The summed E-state index contributed by atoms with van der Waals surface area (Å²) in [7, 11) is 8.20. The summed E-state index contributed by atoms with van der Waals surface area (Å²) in [6, 6.07) is 19.3. The van der Waals surface area contributed by atoms with Gasteiger partial charge in [-0.15, -0.1) is 0 Å². The number of nitrogens with zero attached hydrogens (tertiary/aromatic N) is 8. The van der Waals surface area contributed by atoms with E-state index in [0.717, 1.165) is 67.3 Å². The minimum atomic E-state index is -0.512. The monoisotopic (exact) mass is 565 g/mol. The summed E-state index contributed by atoms with van der Waals surface area (Å²) in [4.78, 5) is 31.6. The highest BCUT2D eigenvalue weighted by molar-refractivity contribution is 5.94. The molecular formula is C32H39N9O. The number of likely N-dealkylation sites (N-methyl/N-ethyl adjacent to an activating group) is 2. The number of benzene rings is 2. The molecule has 42 heavy (non-hydrogen) atoms. The Morgan fingerprint density at radius 3 is 2.36 bits per heavy atom. The van der Waals surface area contributed by atoms with E-state index in [4.69, 9.17) is 15.7 Å². The van der Waals surface area contributed by atoms with Gasteiger partial charge >= 0.3 is 0 Å². The number of carbonyl (C=O) groups excluding carboxylic acids is 1. The lowest BCUT2D eigenvalue weighted by Gasteiger charge is -2.36. The summed E-state index contributed by atoms with van der Waals surface area (Å²) in [6.45, 7) is 4.90. The van der Waals surface area contributed by atoms with Crippen molar-refractivity contribution < 1.29 is 4.79 Å². The Balaban J connectivity index is 1.46. The van der Waals surface area contributed by atoms with Crippen LogP contribution in [0.5, 0.6) is 0 Å². The Morgan fingerprint density at radius 2 is 1.69 bits per heavy atom. The first-order chi connectivity index (χ1) is 20.3. The lowest BCUT2D eigenvalue weighted by Crippen LogP contribution is -2.44. The Labute approximate surface area is 247 Å². The molecule has 1 saturated heterocycles. The highest BCUT2D eigenvalue weighted by Gasteiger charge is 2.31. The third-order valence-corrected chi connectivity index (χ3v) is 8.35. The quantitative estimate of drug-likeness (QED) is 0.348. The Morgan fingerprint density at radius 1 is 0.976 bits per heavy atom. The van der Waals surface area contributed by atoms with Gasteiger partial charge in [0.2, 0.25) is 5.95 Å². The molecular weight excluding hydrogens is 526 g/mol. The van der Waals surface area contributed by atoms with Gasteiger partial charge in [0.1, 0.15) is 0 Å². The number of aromatic nitrogens is 4. The maximum absolute atomic E-state index is 12.2. The molecule has 1 aliphatic carbocycles. The lowest BCUT2D eigenvalue weighted by atomic mass is 9.93. The molecule has 3 heterocycles. The van der Waals surface area contributed by atoms with Crippen molar-refractivity contribution in [2.45, 2.75) is 18.9 Å². The van der Waals surface area contributed by atoms with Crippen molar-refractivity contribution in [2.24, 2.45) is 12.8 Å². The second-order valence-electron chi connectivity index (χ2n) is 11.6. The van der Waals surface area contributed by atoms with Crippen LogP contribution in [0.3, 0.4) is 0 Å². The Hall–Kier alpha value is -4.28. The number of nitrogens with two attached hydrogens (primary N) is 1. The standard InChI is InChI=1S/C32H39N9O/c1-37(2)21-27(22-8-6-5-7-9-22)41(25-13-11-24(12-14-25)40-18-16-38(3)17-19-40)32-34-20-23-10-15-26-29(31(33)42)36-39(4)30(26)28(23)35-32/h5-9,11-14,20,27H,10,15-19,21H2,1-4H3,(H2,33,42)/t27-/m1/s1. The average Bonchev–Trinajstić information content (AvgIpc) is 3.35. The van der Waals surface area contributed by atoms with Gasteiger partial charge < -0.3 is 25.3 Å². The molecule has 2 aromatic carbocycles. The molecule has 10 nitrogen and oxygen atoms in total. The minimum absolute atomic E-state index is 0.0514. The molecule has 0 unspecified atom stereocenters. The number of anilines is 3. The molecule has 2 aromatic heterocycles. The van der Waals surface area contributed by atoms with Crippen LogP contribution in [0.15, 0.2) is 60.8 Å². The molecule has 2 N–H and O–H groups in total. The van der Waals surface area contributed by atoms with Crippen molar-refractivity contribution in [1.82, 2.24) is 29.5 Å². The molecule has 0 saturated carbocycles. The zero-order valence-electron chi connectivity index (χ0n) is 24.9. The first-order valence-electron chi connectivity index (χ1n) is 14.5. The highest BCUT2D eigenvalue weighted by atomic mass is 16.1. The number of hydrogen-bond acceptors (Lipinski definition) is 8. The van der Waals surface area contributed by atoms with Crippen LogP contribution in [0.25, 0.3) is 11.4 Å². The summed E-state index contributed by atoms with van der Waals surface area (Å²) in [5.41, 5.74) is 13.0. The minimum Gasteiger partial charge on any atom is -0.369 e. The fraction of sp³-hybridized carbons (Fsp3) is 0.375. The second kappa shape index (κ2) is 11.5. The molecule has 6 rings (SSSR count). The molecule has 0 bridgehead atoms. The fourth-order valence-corrected chi connectivity index (χ4v) is 6.14. The topological polar surface area (TPSA) is 99.7 Å². The van der Waals surface area contributed by atoms with Crippen molar-refractivity contribution in [1.29, 1.82) is 0 Å². The van der Waals surface area contributed by atoms with Crippen molar-refractivity contribution >= 4 is 23.2 Å². The van der Waals surface area contributed by atoms with Gasteiger partial charge in [-0.25, -0.2) is 9.97 Å². The number of hydrogen-bond donors (Lipinski definition) is 1. The molecule has 1 aliphatic heterocycles. The van der Waals surface area contributed by atoms with Crippen LogP contribution >= 0.6 is 0 Å². The van der Waals surface area contributed by atoms with Gasteiger partial charge in [-0.05, 0) is 69.4 Å². The van der Waals surface area contributed by atoms with E-state index in [9.17, 15) is 4.79 Å². The normalized spacial score (nSPS) is 15.8. The van der Waals surface area contributed by atoms with E-state index in [1.807, 2.05) is 19.3 Å². The van der Waals surface area contributed by atoms with Gasteiger partial charge in [0, 0.05) is 62.9 Å². The predicted octanol–water partition coefficient (Wildman–Crippen LogP) is 3.27. The van der Waals surface area contributed by atoms with Crippen LogP contribution in [0.1, 0.15) is 33.2 Å². The van der Waals surface area contributed by atoms with Crippen molar-refractivity contribution in [3.63, 3.8) is 0 Å².